The molecule has 0 aliphatic carbocycles. The van der Waals surface area contributed by atoms with Gasteiger partial charge in [-0.1, -0.05) is 4.98 Å². The van der Waals surface area contributed by atoms with Gasteiger partial charge in [0.1, 0.15) is 0 Å². The van der Waals surface area contributed by atoms with Crippen LogP contribution in [0.4, 0.5) is 5.95 Å². The van der Waals surface area contributed by atoms with Crippen LogP contribution in [0, 0.1) is 10.1 Å². The van der Waals surface area contributed by atoms with E-state index in [-0.39, 0.29) is 5.95 Å². The highest BCUT2D eigenvalue weighted by molar-refractivity contribution is 6.17. The Bertz CT molecular complexity index is 274. The van der Waals surface area contributed by atoms with Gasteiger partial charge in [0.2, 0.25) is 6.33 Å². The zero-order valence-corrected chi connectivity index (χ0v) is 6.94. The second-order valence-corrected chi connectivity index (χ2v) is 2.49. The predicted octanol–water partition coefficient (Wildman–Crippen LogP) is 0.815. The van der Waals surface area contributed by atoms with Gasteiger partial charge >= 0.3 is 5.95 Å². The van der Waals surface area contributed by atoms with E-state index in [9.17, 15) is 10.1 Å². The van der Waals surface area contributed by atoms with Gasteiger partial charge in [0.15, 0.2) is 0 Å². The molecule has 12 heavy (non-hydrogen) atoms. The minimum Gasteiger partial charge on any atom is -0.390 e. The minimum atomic E-state index is -0.628. The average Bonchev–Trinajstić information content (AvgIpc) is 2.48. The van der Waals surface area contributed by atoms with Gasteiger partial charge in [0.05, 0.1) is 6.54 Å². The smallest absolute Gasteiger partial charge is 0.390 e. The van der Waals surface area contributed by atoms with E-state index in [0.717, 1.165) is 6.42 Å². The Balaban J connectivity index is 2.58. The Hall–Kier alpha value is -1.17. The Kier molecular flexibility index (Phi) is 2.98. The van der Waals surface area contributed by atoms with Crippen molar-refractivity contribution in [3.8, 4) is 0 Å². The van der Waals surface area contributed by atoms with Crippen molar-refractivity contribution in [2.45, 2.75) is 13.0 Å². The maximum absolute atomic E-state index is 10.1. The summed E-state index contributed by atoms with van der Waals surface area (Å²) in [5.74, 6) is 0.137. The molecule has 0 fully saturated rings. The molecule has 0 amide bonds. The number of nitro groups is 1. The minimum absolute atomic E-state index is 0.371. The highest BCUT2D eigenvalue weighted by Crippen LogP contribution is 2.00. The van der Waals surface area contributed by atoms with Gasteiger partial charge < -0.3 is 10.1 Å². The van der Waals surface area contributed by atoms with Gasteiger partial charge in [-0.05, 0) is 11.3 Å². The molecule has 1 aromatic rings. The van der Waals surface area contributed by atoms with Crippen LogP contribution < -0.4 is 0 Å². The first kappa shape index (κ1) is 8.92. The van der Waals surface area contributed by atoms with Crippen LogP contribution in [-0.4, -0.2) is 25.6 Å². The van der Waals surface area contributed by atoms with Crippen LogP contribution in [0.2, 0.25) is 0 Å². The van der Waals surface area contributed by atoms with Crippen molar-refractivity contribution in [1.29, 1.82) is 0 Å². The first-order valence-electron chi connectivity index (χ1n) is 3.34. The van der Waals surface area contributed by atoms with Crippen molar-refractivity contribution in [2.24, 2.45) is 0 Å². The lowest BCUT2D eigenvalue weighted by molar-refractivity contribution is -0.394. The van der Waals surface area contributed by atoms with E-state index < -0.39 is 4.92 Å². The van der Waals surface area contributed by atoms with E-state index in [4.69, 9.17) is 11.6 Å². The third-order valence-electron chi connectivity index (χ3n) is 1.21. The van der Waals surface area contributed by atoms with E-state index in [1.807, 2.05) is 0 Å². The fraction of sp³-hybridized carbons (Fsp3) is 0.600. The predicted molar refractivity (Wildman–Crippen MR) is 42.0 cm³/mol. The fourth-order valence-corrected chi connectivity index (χ4v) is 0.817. The van der Waals surface area contributed by atoms with Gasteiger partial charge in [-0.3, -0.25) is 0 Å². The lowest BCUT2D eigenvalue weighted by Gasteiger charge is -1.90. The van der Waals surface area contributed by atoms with Gasteiger partial charge in [0.25, 0.3) is 0 Å². The second kappa shape index (κ2) is 4.01. The maximum Gasteiger partial charge on any atom is 0.490 e. The molecule has 0 spiro atoms. The van der Waals surface area contributed by atoms with Crippen molar-refractivity contribution in [3.05, 3.63) is 16.4 Å². The molecule has 1 aromatic heterocycles. The normalized spacial score (nSPS) is 10.1. The van der Waals surface area contributed by atoms with Gasteiger partial charge in [0, 0.05) is 11.0 Å². The Morgan fingerprint density at radius 1 is 1.75 bits per heavy atom. The number of rotatable bonds is 4. The van der Waals surface area contributed by atoms with E-state index in [0.29, 0.717) is 12.4 Å². The van der Waals surface area contributed by atoms with Crippen molar-refractivity contribution in [2.75, 3.05) is 5.88 Å². The molecule has 1 heterocycles. The summed E-state index contributed by atoms with van der Waals surface area (Å²) < 4.78 is 1.40. The fourth-order valence-electron chi connectivity index (χ4n) is 0.698. The summed E-state index contributed by atoms with van der Waals surface area (Å²) in [5, 5.41) is 13.7. The number of alkyl halides is 1. The highest BCUT2D eigenvalue weighted by atomic mass is 35.5. The van der Waals surface area contributed by atoms with Crippen LogP contribution in [0.1, 0.15) is 6.42 Å². The molecule has 0 N–H and O–H groups in total. The van der Waals surface area contributed by atoms with Crippen molar-refractivity contribution < 1.29 is 4.92 Å². The van der Waals surface area contributed by atoms with Crippen LogP contribution in [0.5, 0.6) is 0 Å². The molecular weight excluding hydrogens is 184 g/mol. The van der Waals surface area contributed by atoms with E-state index in [1.54, 1.807) is 0 Å². The summed E-state index contributed by atoms with van der Waals surface area (Å²) in [6, 6.07) is 0. The molecule has 0 radical (unpaired) electrons. The molecule has 6 nitrogen and oxygen atoms in total. The lowest BCUT2D eigenvalue weighted by Crippen LogP contribution is -2.00. The Labute approximate surface area is 73.3 Å². The number of halogens is 1. The summed E-state index contributed by atoms with van der Waals surface area (Å²) in [5.41, 5.74) is 0. The number of aromatic nitrogens is 3. The maximum atomic E-state index is 10.1. The molecule has 0 atom stereocenters. The first-order valence-corrected chi connectivity index (χ1v) is 3.87. The molecule has 0 aliphatic rings. The van der Waals surface area contributed by atoms with Crippen LogP contribution >= 0.6 is 11.6 Å². The SMILES string of the molecule is O=[N+]([O-])c1ncn(CCCCl)n1. The standard InChI is InChI=1S/C5H7ClN4O2/c6-2-1-3-9-4-7-5(8-9)10(11)12/h4H,1-3H2. The quantitative estimate of drug-likeness (QED) is 0.400. The summed E-state index contributed by atoms with van der Waals surface area (Å²) in [6.45, 7) is 0.560. The molecule has 0 aliphatic heterocycles. The molecule has 1 rings (SSSR count). The molecule has 66 valence electrons. The molecule has 0 bridgehead atoms. The first-order chi connectivity index (χ1) is 5.74. The average molecular weight is 191 g/mol. The van der Waals surface area contributed by atoms with Gasteiger partial charge in [-0.15, -0.1) is 11.6 Å². The molecular formula is C5H7ClN4O2. The van der Waals surface area contributed by atoms with Gasteiger partial charge in [-0.25, -0.2) is 0 Å². The molecule has 0 aromatic carbocycles. The number of nitrogens with zero attached hydrogens (tertiary/aromatic N) is 4. The second-order valence-electron chi connectivity index (χ2n) is 2.11. The molecule has 0 unspecified atom stereocenters. The topological polar surface area (TPSA) is 73.8 Å². The number of aryl methyl sites for hydroxylation is 1. The summed E-state index contributed by atoms with van der Waals surface area (Å²) in [7, 11) is 0. The highest BCUT2D eigenvalue weighted by Gasteiger charge is 2.11. The van der Waals surface area contributed by atoms with E-state index in [2.05, 4.69) is 10.1 Å². The zero-order chi connectivity index (χ0) is 8.97. The summed E-state index contributed by atoms with van der Waals surface area (Å²) >= 11 is 5.43. The third-order valence-corrected chi connectivity index (χ3v) is 1.48. The zero-order valence-electron chi connectivity index (χ0n) is 6.18. The Morgan fingerprint density at radius 3 is 3.00 bits per heavy atom. The van der Waals surface area contributed by atoms with Crippen LogP contribution in [0.15, 0.2) is 6.33 Å². The van der Waals surface area contributed by atoms with Gasteiger partial charge in [-0.2, -0.15) is 4.68 Å². The Morgan fingerprint density at radius 2 is 2.50 bits per heavy atom. The van der Waals surface area contributed by atoms with Crippen LogP contribution in [0.3, 0.4) is 0 Å². The van der Waals surface area contributed by atoms with Crippen molar-refractivity contribution in [1.82, 2.24) is 14.8 Å². The van der Waals surface area contributed by atoms with Crippen molar-refractivity contribution >= 4 is 17.5 Å². The van der Waals surface area contributed by atoms with Crippen LogP contribution in [-0.2, 0) is 6.54 Å². The summed E-state index contributed by atoms with van der Waals surface area (Å²) in [4.78, 5) is 13.0. The monoisotopic (exact) mass is 190 g/mol. The number of hydrogen-bond acceptors (Lipinski definition) is 4. The van der Waals surface area contributed by atoms with Crippen LogP contribution in [0.25, 0.3) is 0 Å². The van der Waals surface area contributed by atoms with Crippen molar-refractivity contribution in [3.63, 3.8) is 0 Å². The molecule has 0 saturated heterocycles. The summed E-state index contributed by atoms with van der Waals surface area (Å²) in [6.07, 6.45) is 2.05. The number of hydrogen-bond donors (Lipinski definition) is 0. The van der Waals surface area contributed by atoms with E-state index >= 15 is 0 Å². The largest absolute Gasteiger partial charge is 0.490 e. The lowest BCUT2D eigenvalue weighted by atomic mass is 10.5. The molecule has 7 heteroatoms. The molecule has 0 saturated carbocycles. The third kappa shape index (κ3) is 2.16. The van der Waals surface area contributed by atoms with E-state index in [1.165, 1.54) is 11.0 Å².